The smallest absolute Gasteiger partial charge is 0.422 e. The second kappa shape index (κ2) is 9.40. The van der Waals surface area contributed by atoms with Gasteiger partial charge in [-0.1, -0.05) is 47.6 Å². The molecule has 6 rings (SSSR count). The molecule has 2 atom stereocenters. The van der Waals surface area contributed by atoms with E-state index in [-0.39, 0.29) is 23.6 Å². The van der Waals surface area contributed by atoms with E-state index in [0.717, 1.165) is 0 Å². The molecule has 1 aromatic heterocycles. The van der Waals surface area contributed by atoms with E-state index >= 15 is 0 Å². The molecule has 3 N–H and O–H groups in total. The zero-order valence-electron chi connectivity index (χ0n) is 20.0. The number of rotatable bonds is 5. The van der Waals surface area contributed by atoms with Gasteiger partial charge in [-0.25, -0.2) is 4.84 Å². The molecule has 0 amide bonds. The molecule has 2 aromatic carbocycles. The fourth-order valence-corrected chi connectivity index (χ4v) is 5.21. The summed E-state index contributed by atoms with van der Waals surface area (Å²) in [5, 5.41) is 23.3. The maximum absolute atomic E-state index is 14.5. The third kappa shape index (κ3) is 3.87. The fourth-order valence-electron chi connectivity index (χ4n) is 5.21. The monoisotopic (exact) mass is 531 g/mol. The van der Waals surface area contributed by atoms with Crippen LogP contribution in [0.1, 0.15) is 28.6 Å². The van der Waals surface area contributed by atoms with E-state index in [4.69, 9.17) is 18.8 Å². The van der Waals surface area contributed by atoms with Gasteiger partial charge in [0.25, 0.3) is 0 Å². The van der Waals surface area contributed by atoms with E-state index in [1.54, 1.807) is 36.4 Å². The summed E-state index contributed by atoms with van der Waals surface area (Å²) in [5.74, 6) is -0.118. The predicted octanol–water partition coefficient (Wildman–Crippen LogP) is 3.21. The van der Waals surface area contributed by atoms with Gasteiger partial charge in [0.15, 0.2) is 5.76 Å². The Bertz CT molecular complexity index is 1370. The van der Waals surface area contributed by atoms with Crippen molar-refractivity contribution in [3.05, 3.63) is 76.6 Å². The Balaban J connectivity index is 1.54. The van der Waals surface area contributed by atoms with E-state index in [0.29, 0.717) is 48.8 Å². The normalized spacial score (nSPS) is 22.4. The first-order valence-electron chi connectivity index (χ1n) is 12.0. The number of aromatic nitrogens is 1. The number of hydrogen-bond donors (Lipinski definition) is 3. The summed E-state index contributed by atoms with van der Waals surface area (Å²) in [6.07, 6.45) is -5.89. The predicted molar refractivity (Wildman–Crippen MR) is 126 cm³/mol. The molecule has 0 aliphatic carbocycles. The SMILES string of the molecule is OCC(O)c1ccc2c(c1)OCC1=C(c3onc(-c4ccccc4)c3C(F)(F)F)NOC12N1CCOCC1. The van der Waals surface area contributed by atoms with Gasteiger partial charge in [0.2, 0.25) is 5.72 Å². The third-order valence-electron chi connectivity index (χ3n) is 7.02. The van der Waals surface area contributed by atoms with E-state index in [2.05, 4.69) is 10.6 Å². The van der Waals surface area contributed by atoms with Crippen molar-refractivity contribution in [1.82, 2.24) is 15.5 Å². The zero-order chi connectivity index (χ0) is 26.5. The quantitative estimate of drug-likeness (QED) is 0.457. The van der Waals surface area contributed by atoms with Crippen molar-refractivity contribution < 1.29 is 42.2 Å². The minimum absolute atomic E-state index is 0.0105. The Kier molecular flexibility index (Phi) is 6.16. The number of benzene rings is 2. The van der Waals surface area contributed by atoms with E-state index < -0.39 is 35.9 Å². The fraction of sp³-hybridized carbons (Fsp3) is 0.346. The van der Waals surface area contributed by atoms with Crippen LogP contribution < -0.4 is 10.2 Å². The molecule has 38 heavy (non-hydrogen) atoms. The molecule has 0 radical (unpaired) electrons. The van der Waals surface area contributed by atoms with Crippen LogP contribution in [0.4, 0.5) is 13.2 Å². The lowest BCUT2D eigenvalue weighted by atomic mass is 9.87. The average molecular weight is 531 g/mol. The number of morpholine rings is 1. The summed E-state index contributed by atoms with van der Waals surface area (Å²) in [7, 11) is 0. The number of nitrogens with one attached hydrogen (secondary N) is 1. The highest BCUT2D eigenvalue weighted by Crippen LogP contribution is 2.52. The number of ether oxygens (including phenoxy) is 2. The van der Waals surface area contributed by atoms with Crippen molar-refractivity contribution in [1.29, 1.82) is 0 Å². The molecular weight excluding hydrogens is 507 g/mol. The highest BCUT2D eigenvalue weighted by Gasteiger charge is 2.56. The lowest BCUT2D eigenvalue weighted by molar-refractivity contribution is -0.179. The molecule has 9 nitrogen and oxygen atoms in total. The Morgan fingerprint density at radius 1 is 1.11 bits per heavy atom. The molecule has 0 spiro atoms. The standard InChI is InChI=1S/C26H24F3N3O6/c27-26(28,29)21-22(15-4-2-1-3-5-15)30-37-24(21)23-18-14-36-20-12-16(19(34)13-33)6-7-17(20)25(18,38-31-23)32-8-10-35-11-9-32/h1-7,12,19,31,33-34H,8-11,13-14H2. The maximum Gasteiger partial charge on any atom is 0.422 e. The van der Waals surface area contributed by atoms with E-state index in [1.165, 1.54) is 12.1 Å². The summed E-state index contributed by atoms with van der Waals surface area (Å²) >= 11 is 0. The largest absolute Gasteiger partial charge is 0.488 e. The van der Waals surface area contributed by atoms with Crippen LogP contribution in [0.3, 0.4) is 0 Å². The van der Waals surface area contributed by atoms with Crippen LogP contribution >= 0.6 is 0 Å². The van der Waals surface area contributed by atoms with Gasteiger partial charge in [0.1, 0.15) is 35.4 Å². The van der Waals surface area contributed by atoms with Crippen molar-refractivity contribution in [2.45, 2.75) is 18.0 Å². The first kappa shape index (κ1) is 24.9. The summed E-state index contributed by atoms with van der Waals surface area (Å²) in [6, 6.07) is 12.9. The topological polar surface area (TPSA) is 109 Å². The van der Waals surface area contributed by atoms with Gasteiger partial charge in [-0.05, 0) is 11.6 Å². The summed E-state index contributed by atoms with van der Waals surface area (Å²) in [4.78, 5) is 8.16. The van der Waals surface area contributed by atoms with Crippen molar-refractivity contribution >= 4 is 5.70 Å². The van der Waals surface area contributed by atoms with Gasteiger partial charge in [-0.2, -0.15) is 13.2 Å². The van der Waals surface area contributed by atoms with Crippen LogP contribution in [-0.2, 0) is 21.5 Å². The van der Waals surface area contributed by atoms with Crippen LogP contribution in [0.5, 0.6) is 5.75 Å². The lowest BCUT2D eigenvalue weighted by Crippen LogP contribution is -2.55. The van der Waals surface area contributed by atoms with Gasteiger partial charge in [0.05, 0.1) is 25.4 Å². The molecule has 0 saturated carbocycles. The maximum atomic E-state index is 14.5. The van der Waals surface area contributed by atoms with E-state index in [9.17, 15) is 23.4 Å². The first-order valence-corrected chi connectivity index (χ1v) is 12.0. The van der Waals surface area contributed by atoms with Gasteiger partial charge in [-0.15, -0.1) is 0 Å². The molecule has 1 saturated heterocycles. The van der Waals surface area contributed by atoms with E-state index in [1.807, 2.05) is 4.90 Å². The summed E-state index contributed by atoms with van der Waals surface area (Å²) < 4.78 is 60.2. The second-order valence-corrected chi connectivity index (χ2v) is 9.14. The summed E-state index contributed by atoms with van der Waals surface area (Å²) in [6.45, 7) is 1.09. The molecule has 3 aliphatic rings. The number of nitrogens with zero attached hydrogens (tertiary/aromatic N) is 2. The molecule has 12 heteroatoms. The van der Waals surface area contributed by atoms with Crippen molar-refractivity contribution in [3.8, 4) is 17.0 Å². The molecule has 0 bridgehead atoms. The van der Waals surface area contributed by atoms with Gasteiger partial charge in [-0.3, -0.25) is 10.4 Å². The molecule has 4 heterocycles. The Morgan fingerprint density at radius 3 is 2.58 bits per heavy atom. The highest BCUT2D eigenvalue weighted by molar-refractivity contribution is 5.76. The molecular formula is C26H24F3N3O6. The van der Waals surface area contributed by atoms with Crippen LogP contribution in [0, 0.1) is 0 Å². The number of halogens is 3. The van der Waals surface area contributed by atoms with Gasteiger partial charge in [0, 0.05) is 24.2 Å². The Hall–Kier alpha value is -3.42. The van der Waals surface area contributed by atoms with Gasteiger partial charge >= 0.3 is 6.18 Å². The van der Waals surface area contributed by atoms with Crippen LogP contribution in [-0.4, -0.2) is 59.8 Å². The highest BCUT2D eigenvalue weighted by atomic mass is 19.4. The van der Waals surface area contributed by atoms with Crippen molar-refractivity contribution in [3.63, 3.8) is 0 Å². The molecule has 2 unspecified atom stereocenters. The average Bonchev–Trinajstić information content (AvgIpc) is 3.56. The number of aliphatic hydroxyl groups is 2. The van der Waals surface area contributed by atoms with Crippen LogP contribution in [0.2, 0.25) is 0 Å². The number of aliphatic hydroxyl groups excluding tert-OH is 2. The van der Waals surface area contributed by atoms with Crippen LogP contribution in [0.15, 0.2) is 58.6 Å². The third-order valence-corrected chi connectivity index (χ3v) is 7.02. The van der Waals surface area contributed by atoms with Crippen LogP contribution in [0.25, 0.3) is 17.0 Å². The first-order chi connectivity index (χ1) is 18.3. The summed E-state index contributed by atoms with van der Waals surface area (Å²) in [5.41, 5.74) is 1.66. The minimum atomic E-state index is -4.78. The molecule has 3 aliphatic heterocycles. The molecule has 200 valence electrons. The van der Waals surface area contributed by atoms with Gasteiger partial charge < -0.3 is 24.2 Å². The number of alkyl halides is 3. The molecule has 3 aromatic rings. The number of hydroxylamine groups is 1. The number of fused-ring (bicyclic) bond motifs is 3. The second-order valence-electron chi connectivity index (χ2n) is 9.14. The van der Waals surface area contributed by atoms with Crippen molar-refractivity contribution in [2.75, 3.05) is 39.5 Å². The Labute approximate surface area is 215 Å². The zero-order valence-corrected chi connectivity index (χ0v) is 20.0. The molecule has 1 fully saturated rings. The number of hydrogen-bond acceptors (Lipinski definition) is 9. The lowest BCUT2D eigenvalue weighted by Gasteiger charge is -2.45. The minimum Gasteiger partial charge on any atom is -0.488 e. The Morgan fingerprint density at radius 2 is 1.87 bits per heavy atom. The van der Waals surface area contributed by atoms with Crippen molar-refractivity contribution in [2.24, 2.45) is 0 Å².